The number of anilines is 1. The van der Waals surface area contributed by atoms with E-state index in [0.717, 1.165) is 17.7 Å². The molecule has 0 saturated heterocycles. The van der Waals surface area contributed by atoms with Gasteiger partial charge in [0.2, 0.25) is 5.91 Å². The van der Waals surface area contributed by atoms with Crippen molar-refractivity contribution in [3.05, 3.63) is 28.8 Å². The molecule has 3 nitrogen and oxygen atoms in total. The molecule has 0 aliphatic carbocycles. The molecule has 0 saturated carbocycles. The van der Waals surface area contributed by atoms with Gasteiger partial charge in [0.25, 0.3) is 0 Å². The van der Waals surface area contributed by atoms with Crippen molar-refractivity contribution in [2.45, 2.75) is 34.1 Å². The fraction of sp³-hybridized carbons (Fsp3) is 0.533. The number of carbonyl (C=O) groups excluding carboxylic acids is 1. The molecule has 1 atom stereocenters. The van der Waals surface area contributed by atoms with Gasteiger partial charge in [0, 0.05) is 19.3 Å². The Morgan fingerprint density at radius 2 is 1.89 bits per heavy atom. The average Bonchev–Trinajstić information content (AvgIpc) is 2.36. The molecule has 0 radical (unpaired) electrons. The third-order valence-electron chi connectivity index (χ3n) is 3.85. The third-order valence-corrected chi connectivity index (χ3v) is 3.85. The topological polar surface area (TPSA) is 46.3 Å². The van der Waals surface area contributed by atoms with E-state index in [-0.39, 0.29) is 11.8 Å². The van der Waals surface area contributed by atoms with Gasteiger partial charge in [-0.3, -0.25) is 4.79 Å². The predicted octanol–water partition coefficient (Wildman–Crippen LogP) is 2.56. The molecule has 0 bridgehead atoms. The number of carbonyl (C=O) groups is 1. The van der Waals surface area contributed by atoms with Gasteiger partial charge in [0.15, 0.2) is 0 Å². The lowest BCUT2D eigenvalue weighted by molar-refractivity contribution is -0.121. The largest absolute Gasteiger partial charge is 0.330 e. The van der Waals surface area contributed by atoms with Gasteiger partial charge in [0.1, 0.15) is 0 Å². The lowest BCUT2D eigenvalue weighted by atomic mass is 10.0. The van der Waals surface area contributed by atoms with Crippen molar-refractivity contribution in [2.24, 2.45) is 11.7 Å². The molecule has 2 N–H and O–H groups in total. The number of hydrogen-bond acceptors (Lipinski definition) is 2. The Labute approximate surface area is 110 Å². The van der Waals surface area contributed by atoms with Crippen LogP contribution in [0.4, 0.5) is 5.69 Å². The second kappa shape index (κ2) is 6.01. The molecule has 1 rings (SSSR count). The van der Waals surface area contributed by atoms with Gasteiger partial charge in [-0.05, 0) is 49.9 Å². The Balaban J connectivity index is 3.08. The molecule has 1 unspecified atom stereocenters. The van der Waals surface area contributed by atoms with Gasteiger partial charge in [-0.2, -0.15) is 0 Å². The second-order valence-electron chi connectivity index (χ2n) is 4.89. The Bertz CT molecular complexity index is 436. The van der Waals surface area contributed by atoms with Gasteiger partial charge in [-0.1, -0.05) is 13.0 Å². The van der Waals surface area contributed by atoms with Crippen LogP contribution in [0.3, 0.4) is 0 Å². The zero-order valence-electron chi connectivity index (χ0n) is 12.1. The van der Waals surface area contributed by atoms with Crippen LogP contribution in [0.5, 0.6) is 0 Å². The summed E-state index contributed by atoms with van der Waals surface area (Å²) in [6.45, 7) is 8.64. The maximum Gasteiger partial charge on any atom is 0.231 e. The summed E-state index contributed by atoms with van der Waals surface area (Å²) in [5.41, 5.74) is 10.3. The lowest BCUT2D eigenvalue weighted by Gasteiger charge is -2.25. The first-order valence-electron chi connectivity index (χ1n) is 6.48. The van der Waals surface area contributed by atoms with E-state index in [0.29, 0.717) is 6.54 Å². The monoisotopic (exact) mass is 248 g/mol. The fourth-order valence-corrected chi connectivity index (χ4v) is 2.14. The van der Waals surface area contributed by atoms with Crippen molar-refractivity contribution < 1.29 is 4.79 Å². The summed E-state index contributed by atoms with van der Waals surface area (Å²) in [7, 11) is 1.83. The summed E-state index contributed by atoms with van der Waals surface area (Å²) in [5, 5.41) is 0. The Hall–Kier alpha value is -1.35. The number of aryl methyl sites for hydroxylation is 1. The summed E-state index contributed by atoms with van der Waals surface area (Å²) in [5.74, 6) is 0.0161. The lowest BCUT2D eigenvalue weighted by Crippen LogP contribution is -2.36. The Morgan fingerprint density at radius 1 is 1.28 bits per heavy atom. The van der Waals surface area contributed by atoms with Crippen LogP contribution in [0.2, 0.25) is 0 Å². The normalized spacial score (nSPS) is 12.3. The van der Waals surface area contributed by atoms with Gasteiger partial charge in [-0.15, -0.1) is 0 Å². The summed E-state index contributed by atoms with van der Waals surface area (Å²) in [6, 6.07) is 4.07. The molecule has 0 aliphatic heterocycles. The van der Waals surface area contributed by atoms with Gasteiger partial charge in [0.05, 0.1) is 5.92 Å². The Kier molecular flexibility index (Phi) is 4.91. The van der Waals surface area contributed by atoms with E-state index in [2.05, 4.69) is 26.8 Å². The van der Waals surface area contributed by atoms with Crippen LogP contribution in [-0.4, -0.2) is 19.5 Å². The number of amides is 1. The summed E-state index contributed by atoms with van der Waals surface area (Å²) >= 11 is 0. The van der Waals surface area contributed by atoms with Crippen molar-refractivity contribution in [2.75, 3.05) is 18.5 Å². The zero-order valence-corrected chi connectivity index (χ0v) is 12.1. The highest BCUT2D eigenvalue weighted by Gasteiger charge is 2.21. The highest BCUT2D eigenvalue weighted by molar-refractivity contribution is 5.95. The fourth-order valence-electron chi connectivity index (χ4n) is 2.14. The molecule has 100 valence electrons. The number of rotatable bonds is 4. The third kappa shape index (κ3) is 2.72. The van der Waals surface area contributed by atoms with Crippen molar-refractivity contribution in [3.63, 3.8) is 0 Å². The van der Waals surface area contributed by atoms with E-state index in [4.69, 9.17) is 5.73 Å². The average molecular weight is 248 g/mol. The van der Waals surface area contributed by atoms with Crippen molar-refractivity contribution in [1.29, 1.82) is 0 Å². The first kappa shape index (κ1) is 14.7. The number of nitrogens with zero attached hydrogens (tertiary/aromatic N) is 1. The van der Waals surface area contributed by atoms with Gasteiger partial charge >= 0.3 is 0 Å². The molecule has 0 aliphatic rings. The maximum absolute atomic E-state index is 12.3. The standard InChI is InChI=1S/C15H24N2O/c1-6-13(9-16)15(18)17(5)14-8-7-10(2)11(3)12(14)4/h7-8,13H,6,9,16H2,1-5H3. The van der Waals surface area contributed by atoms with Gasteiger partial charge in [-0.25, -0.2) is 0 Å². The zero-order chi connectivity index (χ0) is 13.9. The van der Waals surface area contributed by atoms with Crippen LogP contribution in [0.15, 0.2) is 12.1 Å². The molecule has 3 heteroatoms. The molecule has 1 aromatic rings. The molecule has 18 heavy (non-hydrogen) atoms. The summed E-state index contributed by atoms with van der Waals surface area (Å²) in [4.78, 5) is 14.0. The van der Waals surface area contributed by atoms with Gasteiger partial charge < -0.3 is 10.6 Å². The van der Waals surface area contributed by atoms with Crippen LogP contribution in [0, 0.1) is 26.7 Å². The highest BCUT2D eigenvalue weighted by atomic mass is 16.2. The minimum Gasteiger partial charge on any atom is -0.330 e. The van der Waals surface area contributed by atoms with Crippen LogP contribution in [0.25, 0.3) is 0 Å². The first-order valence-corrected chi connectivity index (χ1v) is 6.48. The van der Waals surface area contributed by atoms with E-state index >= 15 is 0 Å². The van der Waals surface area contributed by atoms with E-state index in [1.807, 2.05) is 20.0 Å². The van der Waals surface area contributed by atoms with E-state index in [1.54, 1.807) is 4.90 Å². The molecule has 0 spiro atoms. The minimum atomic E-state index is -0.0870. The molecule has 1 amide bonds. The quantitative estimate of drug-likeness (QED) is 0.890. The Morgan fingerprint density at radius 3 is 2.39 bits per heavy atom. The predicted molar refractivity (Wildman–Crippen MR) is 76.9 cm³/mol. The number of hydrogen-bond donors (Lipinski definition) is 1. The van der Waals surface area contributed by atoms with E-state index in [9.17, 15) is 4.79 Å². The maximum atomic E-state index is 12.3. The molecule has 0 aromatic heterocycles. The molecule has 0 heterocycles. The summed E-state index contributed by atoms with van der Waals surface area (Å²) < 4.78 is 0. The van der Waals surface area contributed by atoms with Crippen molar-refractivity contribution in [1.82, 2.24) is 0 Å². The SMILES string of the molecule is CCC(CN)C(=O)N(C)c1ccc(C)c(C)c1C. The second-order valence-corrected chi connectivity index (χ2v) is 4.89. The van der Waals surface area contributed by atoms with Crippen LogP contribution < -0.4 is 10.6 Å². The summed E-state index contributed by atoms with van der Waals surface area (Å²) in [6.07, 6.45) is 0.781. The molecular weight excluding hydrogens is 224 g/mol. The van der Waals surface area contributed by atoms with Crippen LogP contribution >= 0.6 is 0 Å². The van der Waals surface area contributed by atoms with Crippen LogP contribution in [0.1, 0.15) is 30.0 Å². The molecule has 0 fully saturated rings. The van der Waals surface area contributed by atoms with Crippen molar-refractivity contribution in [3.8, 4) is 0 Å². The first-order chi connectivity index (χ1) is 8.43. The van der Waals surface area contributed by atoms with E-state index < -0.39 is 0 Å². The van der Waals surface area contributed by atoms with Crippen molar-refractivity contribution >= 4 is 11.6 Å². The molecule has 1 aromatic carbocycles. The van der Waals surface area contributed by atoms with Crippen LogP contribution in [-0.2, 0) is 4.79 Å². The smallest absolute Gasteiger partial charge is 0.231 e. The number of nitrogens with two attached hydrogens (primary N) is 1. The number of benzene rings is 1. The van der Waals surface area contributed by atoms with E-state index in [1.165, 1.54) is 11.1 Å². The molecular formula is C15H24N2O. The minimum absolute atomic E-state index is 0.0870. The highest BCUT2D eigenvalue weighted by Crippen LogP contribution is 2.25.